The summed E-state index contributed by atoms with van der Waals surface area (Å²) in [5, 5.41) is 9.25. The van der Waals surface area contributed by atoms with Gasteiger partial charge in [0.2, 0.25) is 0 Å². The summed E-state index contributed by atoms with van der Waals surface area (Å²) < 4.78 is 9.97. The van der Waals surface area contributed by atoms with Crippen LogP contribution in [0.5, 0.6) is 17.2 Å². The molecule has 0 amide bonds. The average Bonchev–Trinajstić information content (AvgIpc) is 2.58. The maximum atomic E-state index is 9.25. The highest BCUT2D eigenvalue weighted by Crippen LogP contribution is 2.26. The lowest BCUT2D eigenvalue weighted by Gasteiger charge is -2.04. The van der Waals surface area contributed by atoms with Crippen LogP contribution in [0.4, 0.5) is 0 Å². The summed E-state index contributed by atoms with van der Waals surface area (Å²) in [6.45, 7) is 5.63. The Bertz CT molecular complexity index is 628. The minimum atomic E-state index is 0.172. The zero-order valence-corrected chi connectivity index (χ0v) is 14.0. The van der Waals surface area contributed by atoms with Crippen LogP contribution in [0.3, 0.4) is 0 Å². The molecule has 23 heavy (non-hydrogen) atoms. The molecule has 2 aromatic carbocycles. The van der Waals surface area contributed by atoms with E-state index in [2.05, 4.69) is 12.7 Å². The molecule has 2 aromatic rings. The number of rotatable bonds is 5. The summed E-state index contributed by atoms with van der Waals surface area (Å²) in [5.74, 6) is 1.58. The lowest BCUT2D eigenvalue weighted by atomic mass is 10.1. The number of hydrogen-bond acceptors (Lipinski definition) is 3. The Balaban J connectivity index is 0.000000231. The van der Waals surface area contributed by atoms with Gasteiger partial charge in [0.15, 0.2) is 11.5 Å². The standard InChI is InChI=1S/C10H12O2.C10H12O/c1-3-4-8-5-6-9(11)10(7-8)12-2;1-3-4-9-5-7-10(11-2)8-6-9/h3,5-7,11H,1,4H2,2H3;3-8H,1-2H3/b;4-3+. The van der Waals surface area contributed by atoms with Crippen LogP contribution in [0.2, 0.25) is 0 Å². The molecule has 0 saturated heterocycles. The minimum absolute atomic E-state index is 0.172. The molecule has 0 atom stereocenters. The van der Waals surface area contributed by atoms with Crippen molar-refractivity contribution in [1.82, 2.24) is 0 Å². The van der Waals surface area contributed by atoms with E-state index in [1.54, 1.807) is 19.2 Å². The lowest BCUT2D eigenvalue weighted by Crippen LogP contribution is -1.86. The van der Waals surface area contributed by atoms with Gasteiger partial charge in [-0.1, -0.05) is 36.4 Å². The molecule has 0 unspecified atom stereocenters. The van der Waals surface area contributed by atoms with Crippen LogP contribution in [0.15, 0.2) is 61.2 Å². The number of allylic oxidation sites excluding steroid dienone is 2. The molecule has 0 bridgehead atoms. The van der Waals surface area contributed by atoms with E-state index < -0.39 is 0 Å². The van der Waals surface area contributed by atoms with Crippen LogP contribution in [0.1, 0.15) is 18.1 Å². The van der Waals surface area contributed by atoms with Crippen LogP contribution < -0.4 is 9.47 Å². The third-order valence-electron chi connectivity index (χ3n) is 3.10. The van der Waals surface area contributed by atoms with Crippen molar-refractivity contribution in [2.45, 2.75) is 13.3 Å². The van der Waals surface area contributed by atoms with Gasteiger partial charge in [-0.25, -0.2) is 0 Å². The van der Waals surface area contributed by atoms with Crippen LogP contribution in [-0.4, -0.2) is 19.3 Å². The Kier molecular flexibility index (Phi) is 8.08. The molecule has 0 aliphatic carbocycles. The van der Waals surface area contributed by atoms with Crippen molar-refractivity contribution in [3.63, 3.8) is 0 Å². The van der Waals surface area contributed by atoms with Gasteiger partial charge in [0.05, 0.1) is 14.2 Å². The van der Waals surface area contributed by atoms with Gasteiger partial charge in [-0.15, -0.1) is 6.58 Å². The van der Waals surface area contributed by atoms with Gasteiger partial charge in [0, 0.05) is 0 Å². The van der Waals surface area contributed by atoms with Crippen LogP contribution in [0, 0.1) is 0 Å². The van der Waals surface area contributed by atoms with Crippen molar-refractivity contribution < 1.29 is 14.6 Å². The predicted molar refractivity (Wildman–Crippen MR) is 96.3 cm³/mol. The molecule has 3 nitrogen and oxygen atoms in total. The highest BCUT2D eigenvalue weighted by atomic mass is 16.5. The third-order valence-corrected chi connectivity index (χ3v) is 3.10. The van der Waals surface area contributed by atoms with Gasteiger partial charge in [-0.2, -0.15) is 0 Å². The summed E-state index contributed by atoms with van der Waals surface area (Å²) in [4.78, 5) is 0. The molecule has 0 aromatic heterocycles. The number of phenols is 1. The largest absolute Gasteiger partial charge is 0.504 e. The van der Waals surface area contributed by atoms with Crippen molar-refractivity contribution >= 4 is 6.08 Å². The third kappa shape index (κ3) is 6.30. The van der Waals surface area contributed by atoms with E-state index in [0.29, 0.717) is 5.75 Å². The summed E-state index contributed by atoms with van der Waals surface area (Å²) in [7, 11) is 3.21. The summed E-state index contributed by atoms with van der Waals surface area (Å²) in [5.41, 5.74) is 2.29. The number of ether oxygens (including phenoxy) is 2. The number of methoxy groups -OCH3 is 2. The molecule has 0 radical (unpaired) electrons. The van der Waals surface area contributed by atoms with E-state index in [-0.39, 0.29) is 5.75 Å². The zero-order chi connectivity index (χ0) is 17.1. The fraction of sp³-hybridized carbons (Fsp3) is 0.200. The van der Waals surface area contributed by atoms with E-state index in [1.165, 1.54) is 12.7 Å². The molecule has 0 aliphatic rings. The average molecular weight is 312 g/mol. The van der Waals surface area contributed by atoms with E-state index in [9.17, 15) is 5.11 Å². The Morgan fingerprint density at radius 3 is 2.26 bits per heavy atom. The van der Waals surface area contributed by atoms with E-state index in [4.69, 9.17) is 9.47 Å². The second-order valence-corrected chi connectivity index (χ2v) is 4.77. The first kappa shape index (κ1) is 18.4. The molecule has 0 spiro atoms. The van der Waals surface area contributed by atoms with Gasteiger partial charge in [0.1, 0.15) is 5.75 Å². The van der Waals surface area contributed by atoms with Crippen LogP contribution in [0.25, 0.3) is 6.08 Å². The highest BCUT2D eigenvalue weighted by molar-refractivity contribution is 5.50. The molecular formula is C20H24O3. The minimum Gasteiger partial charge on any atom is -0.504 e. The van der Waals surface area contributed by atoms with Crippen molar-refractivity contribution in [2.24, 2.45) is 0 Å². The SMILES string of the molecule is C/C=C/c1ccc(OC)cc1.C=CCc1ccc(O)c(OC)c1. The second-order valence-electron chi connectivity index (χ2n) is 4.77. The first-order valence-corrected chi connectivity index (χ1v) is 7.38. The highest BCUT2D eigenvalue weighted by Gasteiger charge is 2.00. The smallest absolute Gasteiger partial charge is 0.160 e. The molecule has 122 valence electrons. The first-order chi connectivity index (χ1) is 11.1. The van der Waals surface area contributed by atoms with Crippen molar-refractivity contribution in [2.75, 3.05) is 14.2 Å². The number of aromatic hydroxyl groups is 1. The number of phenolic OH excluding ortho intramolecular Hbond substituents is 1. The van der Waals surface area contributed by atoms with Crippen molar-refractivity contribution in [3.8, 4) is 17.2 Å². The second kappa shape index (κ2) is 10.1. The van der Waals surface area contributed by atoms with Gasteiger partial charge in [-0.05, 0) is 48.7 Å². The quantitative estimate of drug-likeness (QED) is 0.801. The Morgan fingerprint density at radius 1 is 1.04 bits per heavy atom. The van der Waals surface area contributed by atoms with E-state index >= 15 is 0 Å². The first-order valence-electron chi connectivity index (χ1n) is 7.38. The molecule has 1 N–H and O–H groups in total. The fourth-order valence-corrected chi connectivity index (χ4v) is 1.92. The summed E-state index contributed by atoms with van der Waals surface area (Å²) >= 11 is 0. The molecule has 0 fully saturated rings. The summed E-state index contributed by atoms with van der Waals surface area (Å²) in [6, 6.07) is 13.2. The molecule has 0 aliphatic heterocycles. The number of hydrogen-bond donors (Lipinski definition) is 1. The van der Waals surface area contributed by atoms with Gasteiger partial charge in [0.25, 0.3) is 0 Å². The normalized spacial score (nSPS) is 9.87. The molecule has 2 rings (SSSR count). The Hall–Kier alpha value is -2.68. The molecular weight excluding hydrogens is 288 g/mol. The van der Waals surface area contributed by atoms with Gasteiger partial charge in [-0.3, -0.25) is 0 Å². The molecule has 0 saturated carbocycles. The Morgan fingerprint density at radius 2 is 1.74 bits per heavy atom. The molecule has 3 heteroatoms. The number of benzene rings is 2. The molecule has 0 heterocycles. The summed E-state index contributed by atoms with van der Waals surface area (Å²) in [6.07, 6.45) is 6.67. The predicted octanol–water partition coefficient (Wildman–Crippen LogP) is 4.86. The van der Waals surface area contributed by atoms with Crippen LogP contribution in [-0.2, 0) is 6.42 Å². The van der Waals surface area contributed by atoms with E-state index in [0.717, 1.165) is 17.7 Å². The van der Waals surface area contributed by atoms with Crippen LogP contribution >= 0.6 is 0 Å². The van der Waals surface area contributed by atoms with Gasteiger partial charge < -0.3 is 14.6 Å². The van der Waals surface area contributed by atoms with Gasteiger partial charge >= 0.3 is 0 Å². The van der Waals surface area contributed by atoms with E-state index in [1.807, 2.05) is 49.4 Å². The topological polar surface area (TPSA) is 38.7 Å². The maximum absolute atomic E-state index is 9.25. The monoisotopic (exact) mass is 312 g/mol. The van der Waals surface area contributed by atoms with Crippen molar-refractivity contribution in [3.05, 3.63) is 72.3 Å². The zero-order valence-electron chi connectivity index (χ0n) is 14.0. The fourth-order valence-electron chi connectivity index (χ4n) is 1.92. The Labute approximate surface area is 138 Å². The maximum Gasteiger partial charge on any atom is 0.160 e. The van der Waals surface area contributed by atoms with Crippen molar-refractivity contribution in [1.29, 1.82) is 0 Å². The lowest BCUT2D eigenvalue weighted by molar-refractivity contribution is 0.373.